The van der Waals surface area contributed by atoms with Gasteiger partial charge in [-0.2, -0.15) is 0 Å². The lowest BCUT2D eigenvalue weighted by molar-refractivity contribution is 0.0601. The van der Waals surface area contributed by atoms with Gasteiger partial charge in [-0.1, -0.05) is 30.7 Å². The van der Waals surface area contributed by atoms with Crippen molar-refractivity contribution in [1.29, 1.82) is 0 Å². The molecular weight excluding hydrogens is 418 g/mol. The van der Waals surface area contributed by atoms with E-state index in [1.807, 2.05) is 0 Å². The zero-order valence-electron chi connectivity index (χ0n) is 17.6. The summed E-state index contributed by atoms with van der Waals surface area (Å²) in [7, 11) is 1.34. The molecule has 1 aliphatic heterocycles. The summed E-state index contributed by atoms with van der Waals surface area (Å²) < 4.78 is 4.76. The van der Waals surface area contributed by atoms with Gasteiger partial charge < -0.3 is 20.3 Å². The van der Waals surface area contributed by atoms with Crippen molar-refractivity contribution < 1.29 is 9.53 Å². The molecule has 0 saturated carbocycles. The van der Waals surface area contributed by atoms with Crippen molar-refractivity contribution in [3.63, 3.8) is 0 Å². The number of anilines is 2. The summed E-state index contributed by atoms with van der Waals surface area (Å²) in [6.07, 6.45) is 2.56. The van der Waals surface area contributed by atoms with Gasteiger partial charge in [-0.3, -0.25) is 0 Å². The molecule has 0 aliphatic carbocycles. The molecule has 5 nitrogen and oxygen atoms in total. The fraction of sp³-hybridized carbons (Fsp3) is 0.391. The molecule has 2 aromatic carbocycles. The summed E-state index contributed by atoms with van der Waals surface area (Å²) in [5.41, 5.74) is 3.37. The highest BCUT2D eigenvalue weighted by molar-refractivity contribution is 7.80. The summed E-state index contributed by atoms with van der Waals surface area (Å²) in [6, 6.07) is 13.5. The van der Waals surface area contributed by atoms with Crippen molar-refractivity contribution in [1.82, 2.24) is 5.32 Å². The number of ether oxygens (including phenoxy) is 1. The predicted octanol–water partition coefficient (Wildman–Crippen LogP) is 5.41. The van der Waals surface area contributed by atoms with E-state index in [1.165, 1.54) is 25.6 Å². The molecule has 0 spiro atoms. The topological polar surface area (TPSA) is 53.6 Å². The van der Waals surface area contributed by atoms with Gasteiger partial charge in [0.15, 0.2) is 5.11 Å². The van der Waals surface area contributed by atoms with E-state index in [9.17, 15) is 4.79 Å². The molecule has 30 heavy (non-hydrogen) atoms. The Morgan fingerprint density at radius 1 is 1.27 bits per heavy atom. The molecule has 0 amide bonds. The first kappa shape index (κ1) is 22.4. The van der Waals surface area contributed by atoms with Gasteiger partial charge in [0, 0.05) is 18.8 Å². The van der Waals surface area contributed by atoms with E-state index in [-0.39, 0.29) is 6.04 Å². The molecule has 2 atom stereocenters. The fourth-order valence-corrected chi connectivity index (χ4v) is 4.15. The minimum Gasteiger partial charge on any atom is -0.465 e. The van der Waals surface area contributed by atoms with Crippen LogP contribution in [0.15, 0.2) is 42.5 Å². The second kappa shape index (κ2) is 10.1. The van der Waals surface area contributed by atoms with Gasteiger partial charge in [-0.15, -0.1) is 0 Å². The number of esters is 1. The van der Waals surface area contributed by atoms with Gasteiger partial charge in [0.1, 0.15) is 0 Å². The lowest BCUT2D eigenvalue weighted by Gasteiger charge is -2.33. The van der Waals surface area contributed by atoms with Gasteiger partial charge in [-0.05, 0) is 73.8 Å². The highest BCUT2D eigenvalue weighted by atomic mass is 35.5. The number of piperidine rings is 1. The van der Waals surface area contributed by atoms with Crippen LogP contribution in [0.5, 0.6) is 0 Å². The lowest BCUT2D eigenvalue weighted by Crippen LogP contribution is -2.34. The molecule has 7 heteroatoms. The number of halogens is 1. The van der Waals surface area contributed by atoms with Gasteiger partial charge in [0.05, 0.1) is 29.4 Å². The Kier molecular flexibility index (Phi) is 7.56. The highest BCUT2D eigenvalue weighted by Gasteiger charge is 2.17. The Morgan fingerprint density at radius 2 is 2.00 bits per heavy atom. The van der Waals surface area contributed by atoms with Gasteiger partial charge in [-0.25, -0.2) is 4.79 Å². The number of carbonyl (C=O) groups is 1. The Bertz CT molecular complexity index is 904. The van der Waals surface area contributed by atoms with Crippen molar-refractivity contribution in [3.05, 3.63) is 58.6 Å². The first-order valence-electron chi connectivity index (χ1n) is 10.2. The van der Waals surface area contributed by atoms with Crippen LogP contribution < -0.4 is 15.5 Å². The third-order valence-electron chi connectivity index (χ3n) is 5.40. The molecule has 0 unspecified atom stereocenters. The Labute approximate surface area is 188 Å². The molecular formula is C23H28ClN3O2S. The molecule has 160 valence electrons. The molecule has 2 N–H and O–H groups in total. The standard InChI is InChI=1S/C23H28ClN3O2S/c1-15-5-4-12-27(14-15)19-9-6-17(7-10-19)16(2)25-23(30)26-21-13-18(22(28)29-3)8-11-20(21)24/h6-11,13,15-16H,4-5,12,14H2,1-3H3,(H2,25,26,30)/t15-,16-/m1/s1. The number of methoxy groups -OCH3 is 1. The lowest BCUT2D eigenvalue weighted by atomic mass is 9.99. The maximum Gasteiger partial charge on any atom is 0.337 e. The van der Waals surface area contributed by atoms with Gasteiger partial charge in [0.2, 0.25) is 0 Å². The molecule has 1 fully saturated rings. The van der Waals surface area contributed by atoms with Crippen LogP contribution in [0, 0.1) is 5.92 Å². The second-order valence-electron chi connectivity index (χ2n) is 7.79. The van der Waals surface area contributed by atoms with Crippen molar-refractivity contribution >= 4 is 46.3 Å². The van der Waals surface area contributed by atoms with Crippen LogP contribution in [0.1, 0.15) is 48.7 Å². The summed E-state index contributed by atoms with van der Waals surface area (Å²) in [5.74, 6) is 0.317. The number of carbonyl (C=O) groups excluding carboxylic acids is 1. The number of rotatable bonds is 5. The average Bonchev–Trinajstić information content (AvgIpc) is 2.74. The van der Waals surface area contributed by atoms with E-state index < -0.39 is 5.97 Å². The SMILES string of the molecule is COC(=O)c1ccc(Cl)c(NC(=S)N[C@H](C)c2ccc(N3CCC[C@@H](C)C3)cc2)c1. The van der Waals surface area contributed by atoms with Crippen LogP contribution in [0.3, 0.4) is 0 Å². The van der Waals surface area contributed by atoms with Crippen LogP contribution >= 0.6 is 23.8 Å². The third-order valence-corrected chi connectivity index (χ3v) is 5.95. The van der Waals surface area contributed by atoms with Gasteiger partial charge in [0.25, 0.3) is 0 Å². The number of nitrogens with zero attached hydrogens (tertiary/aromatic N) is 1. The molecule has 3 rings (SSSR count). The van der Waals surface area contributed by atoms with E-state index in [0.29, 0.717) is 21.4 Å². The molecule has 0 bridgehead atoms. The quantitative estimate of drug-likeness (QED) is 0.474. The van der Waals surface area contributed by atoms with E-state index >= 15 is 0 Å². The average molecular weight is 446 g/mol. The van der Waals surface area contributed by atoms with E-state index in [0.717, 1.165) is 24.6 Å². The molecule has 1 aliphatic rings. The summed E-state index contributed by atoms with van der Waals surface area (Å²) >= 11 is 11.7. The molecule has 2 aromatic rings. The van der Waals surface area contributed by atoms with Crippen LogP contribution in [0.4, 0.5) is 11.4 Å². The first-order valence-corrected chi connectivity index (χ1v) is 11.0. The van der Waals surface area contributed by atoms with Crippen LogP contribution in [0.25, 0.3) is 0 Å². The zero-order chi connectivity index (χ0) is 21.7. The Morgan fingerprint density at radius 3 is 2.67 bits per heavy atom. The van der Waals surface area contributed by atoms with E-state index in [4.69, 9.17) is 28.6 Å². The monoisotopic (exact) mass is 445 g/mol. The summed E-state index contributed by atoms with van der Waals surface area (Å²) in [6.45, 7) is 6.61. The maximum absolute atomic E-state index is 11.7. The van der Waals surface area contributed by atoms with Crippen molar-refractivity contribution in [2.24, 2.45) is 5.92 Å². The fourth-order valence-electron chi connectivity index (χ4n) is 3.70. The third kappa shape index (κ3) is 5.64. The predicted molar refractivity (Wildman–Crippen MR) is 128 cm³/mol. The largest absolute Gasteiger partial charge is 0.465 e. The first-order chi connectivity index (χ1) is 14.4. The van der Waals surface area contributed by atoms with Crippen molar-refractivity contribution in [2.45, 2.75) is 32.7 Å². The summed E-state index contributed by atoms with van der Waals surface area (Å²) in [4.78, 5) is 14.2. The Hall–Kier alpha value is -2.31. The second-order valence-corrected chi connectivity index (χ2v) is 8.61. The van der Waals surface area contributed by atoms with E-state index in [2.05, 4.69) is 53.6 Å². The smallest absolute Gasteiger partial charge is 0.337 e. The molecule has 1 saturated heterocycles. The van der Waals surface area contributed by atoms with Crippen LogP contribution in [-0.2, 0) is 4.74 Å². The molecule has 0 aromatic heterocycles. The molecule has 1 heterocycles. The van der Waals surface area contributed by atoms with Gasteiger partial charge >= 0.3 is 5.97 Å². The molecule has 0 radical (unpaired) electrons. The number of benzene rings is 2. The number of thiocarbonyl (C=S) groups is 1. The summed E-state index contributed by atoms with van der Waals surface area (Å²) in [5, 5.41) is 7.25. The number of hydrogen-bond acceptors (Lipinski definition) is 4. The van der Waals surface area contributed by atoms with Crippen molar-refractivity contribution in [3.8, 4) is 0 Å². The minimum atomic E-state index is -0.426. The van der Waals surface area contributed by atoms with E-state index in [1.54, 1.807) is 18.2 Å². The minimum absolute atomic E-state index is 0.0156. The Balaban J connectivity index is 1.61. The van der Waals surface area contributed by atoms with Crippen LogP contribution in [0.2, 0.25) is 5.02 Å². The van der Waals surface area contributed by atoms with Crippen LogP contribution in [-0.4, -0.2) is 31.3 Å². The zero-order valence-corrected chi connectivity index (χ0v) is 19.1. The highest BCUT2D eigenvalue weighted by Crippen LogP contribution is 2.26. The maximum atomic E-state index is 11.7. The van der Waals surface area contributed by atoms with Crippen molar-refractivity contribution in [2.75, 3.05) is 30.4 Å². The normalized spacial score (nSPS) is 17.2. The number of hydrogen-bond donors (Lipinski definition) is 2. The number of nitrogens with one attached hydrogen (secondary N) is 2.